The van der Waals surface area contributed by atoms with Crippen LogP contribution in [0.5, 0.6) is 0 Å². The van der Waals surface area contributed by atoms with Gasteiger partial charge < -0.3 is 5.32 Å². The predicted molar refractivity (Wildman–Crippen MR) is 102 cm³/mol. The molecule has 0 spiro atoms. The van der Waals surface area contributed by atoms with Gasteiger partial charge in [0.2, 0.25) is 15.9 Å². The molecular formula is C17H18Cl2N2O3S. The van der Waals surface area contributed by atoms with Crippen molar-refractivity contribution in [2.75, 3.05) is 11.0 Å². The minimum absolute atomic E-state index is 0.162. The van der Waals surface area contributed by atoms with E-state index in [2.05, 4.69) is 10.0 Å². The first-order valence-corrected chi connectivity index (χ1v) is 10.2. The number of halogens is 2. The maximum absolute atomic E-state index is 12.1. The molecule has 0 saturated carbocycles. The Morgan fingerprint density at radius 1 is 1.04 bits per heavy atom. The van der Waals surface area contributed by atoms with Crippen molar-refractivity contribution in [2.45, 2.75) is 19.4 Å². The van der Waals surface area contributed by atoms with Gasteiger partial charge in [0.1, 0.15) is 0 Å². The van der Waals surface area contributed by atoms with Crippen LogP contribution < -0.4 is 10.0 Å². The van der Waals surface area contributed by atoms with E-state index in [-0.39, 0.29) is 18.9 Å². The fourth-order valence-electron chi connectivity index (χ4n) is 2.25. The minimum Gasteiger partial charge on any atom is -0.352 e. The van der Waals surface area contributed by atoms with E-state index in [4.69, 9.17) is 23.2 Å². The number of hydrogen-bond acceptors (Lipinski definition) is 3. The van der Waals surface area contributed by atoms with Gasteiger partial charge in [0, 0.05) is 13.0 Å². The first kappa shape index (κ1) is 19.6. The highest BCUT2D eigenvalue weighted by molar-refractivity contribution is 7.92. The number of para-hydroxylation sites is 1. The van der Waals surface area contributed by atoms with Crippen molar-refractivity contribution in [3.63, 3.8) is 0 Å². The fourth-order valence-corrected chi connectivity index (χ4v) is 3.26. The third-order valence-corrected chi connectivity index (χ3v) is 4.89. The molecule has 0 radical (unpaired) electrons. The van der Waals surface area contributed by atoms with Crippen molar-refractivity contribution in [1.82, 2.24) is 5.32 Å². The Labute approximate surface area is 157 Å². The molecule has 25 heavy (non-hydrogen) atoms. The van der Waals surface area contributed by atoms with Crippen molar-refractivity contribution in [3.8, 4) is 0 Å². The SMILES string of the molecule is CS(=O)(=O)Nc1ccccc1CNC(=O)CCc1cccc(Cl)c1Cl. The number of carbonyl (C=O) groups excluding carboxylic acids is 1. The van der Waals surface area contributed by atoms with E-state index in [0.29, 0.717) is 27.7 Å². The third-order valence-electron chi connectivity index (χ3n) is 3.44. The number of hydrogen-bond donors (Lipinski definition) is 2. The Hall–Kier alpha value is -1.76. The number of amides is 1. The molecule has 2 aromatic rings. The lowest BCUT2D eigenvalue weighted by Gasteiger charge is -2.12. The molecule has 0 heterocycles. The summed E-state index contributed by atoms with van der Waals surface area (Å²) >= 11 is 12.1. The summed E-state index contributed by atoms with van der Waals surface area (Å²) in [6.07, 6.45) is 1.80. The van der Waals surface area contributed by atoms with Crippen molar-refractivity contribution < 1.29 is 13.2 Å². The van der Waals surface area contributed by atoms with Crippen LogP contribution in [0.3, 0.4) is 0 Å². The Balaban J connectivity index is 1.93. The fraction of sp³-hybridized carbons (Fsp3) is 0.235. The maximum Gasteiger partial charge on any atom is 0.229 e. The van der Waals surface area contributed by atoms with E-state index in [1.165, 1.54) is 0 Å². The predicted octanol–water partition coefficient (Wildman–Crippen LogP) is 3.61. The Kier molecular flexibility index (Phi) is 6.70. The van der Waals surface area contributed by atoms with Crippen molar-refractivity contribution in [1.29, 1.82) is 0 Å². The molecule has 0 aromatic heterocycles. The van der Waals surface area contributed by atoms with Gasteiger partial charge in [-0.3, -0.25) is 9.52 Å². The smallest absolute Gasteiger partial charge is 0.229 e. The molecule has 1 amide bonds. The van der Waals surface area contributed by atoms with Crippen molar-refractivity contribution >= 4 is 44.8 Å². The third kappa shape index (κ3) is 6.23. The molecular weight excluding hydrogens is 383 g/mol. The van der Waals surface area contributed by atoms with E-state index >= 15 is 0 Å². The zero-order valence-corrected chi connectivity index (χ0v) is 15.9. The molecule has 2 aromatic carbocycles. The number of aryl methyl sites for hydroxylation is 1. The molecule has 2 rings (SSSR count). The molecule has 134 valence electrons. The molecule has 5 nitrogen and oxygen atoms in total. The molecule has 0 fully saturated rings. The monoisotopic (exact) mass is 400 g/mol. The first-order valence-electron chi connectivity index (χ1n) is 7.51. The second-order valence-electron chi connectivity index (χ2n) is 5.52. The quantitative estimate of drug-likeness (QED) is 0.744. The van der Waals surface area contributed by atoms with Gasteiger partial charge in [-0.2, -0.15) is 0 Å². The molecule has 0 aliphatic carbocycles. The van der Waals surface area contributed by atoms with Crippen LogP contribution in [0.25, 0.3) is 0 Å². The lowest BCUT2D eigenvalue weighted by molar-refractivity contribution is -0.121. The van der Waals surface area contributed by atoms with Crippen LogP contribution in [0.2, 0.25) is 10.0 Å². The van der Waals surface area contributed by atoms with Gasteiger partial charge in [-0.1, -0.05) is 53.5 Å². The highest BCUT2D eigenvalue weighted by Gasteiger charge is 2.10. The standard InChI is InChI=1S/C17H18Cl2N2O3S/c1-25(23,24)21-15-8-3-2-5-13(15)11-20-16(22)10-9-12-6-4-7-14(18)17(12)19/h2-8,21H,9-11H2,1H3,(H,20,22). The topological polar surface area (TPSA) is 75.3 Å². The summed E-state index contributed by atoms with van der Waals surface area (Å²) in [5, 5.41) is 3.70. The lowest BCUT2D eigenvalue weighted by Crippen LogP contribution is -2.24. The molecule has 0 bridgehead atoms. The minimum atomic E-state index is -3.38. The van der Waals surface area contributed by atoms with Crippen LogP contribution in [0.15, 0.2) is 42.5 Å². The Morgan fingerprint density at radius 3 is 2.44 bits per heavy atom. The summed E-state index contributed by atoms with van der Waals surface area (Å²) in [4.78, 5) is 12.1. The summed E-state index contributed by atoms with van der Waals surface area (Å²) in [6.45, 7) is 0.223. The van der Waals surface area contributed by atoms with Crippen molar-refractivity contribution in [3.05, 3.63) is 63.6 Å². The van der Waals surface area contributed by atoms with Gasteiger partial charge in [0.25, 0.3) is 0 Å². The number of rotatable bonds is 7. The van der Waals surface area contributed by atoms with Crippen molar-refractivity contribution in [2.24, 2.45) is 0 Å². The Morgan fingerprint density at radius 2 is 1.72 bits per heavy atom. The average Bonchev–Trinajstić information content (AvgIpc) is 2.54. The van der Waals surface area contributed by atoms with Crippen LogP contribution in [0.4, 0.5) is 5.69 Å². The molecule has 0 aliphatic rings. The van der Waals surface area contributed by atoms with Gasteiger partial charge in [0.05, 0.1) is 22.0 Å². The summed E-state index contributed by atoms with van der Waals surface area (Å²) in [6, 6.07) is 12.2. The van der Waals surface area contributed by atoms with Crippen LogP contribution in [-0.4, -0.2) is 20.6 Å². The van der Waals surface area contributed by atoms with E-state index in [0.717, 1.165) is 11.8 Å². The normalized spacial score (nSPS) is 11.2. The van der Waals surface area contributed by atoms with Crippen LogP contribution >= 0.6 is 23.2 Å². The summed E-state index contributed by atoms with van der Waals surface area (Å²) in [5.41, 5.74) is 1.94. The Bertz CT molecular complexity index is 870. The highest BCUT2D eigenvalue weighted by atomic mass is 35.5. The number of carbonyl (C=O) groups is 1. The zero-order valence-electron chi connectivity index (χ0n) is 13.6. The van der Waals surface area contributed by atoms with Gasteiger partial charge in [-0.15, -0.1) is 0 Å². The van der Waals surface area contributed by atoms with Gasteiger partial charge >= 0.3 is 0 Å². The summed E-state index contributed by atoms with van der Waals surface area (Å²) in [7, 11) is -3.38. The number of benzene rings is 2. The van der Waals surface area contributed by atoms with Gasteiger partial charge in [-0.05, 0) is 29.7 Å². The van der Waals surface area contributed by atoms with Crippen LogP contribution in [-0.2, 0) is 27.8 Å². The van der Waals surface area contributed by atoms with Gasteiger partial charge in [-0.25, -0.2) is 8.42 Å². The number of anilines is 1. The van der Waals surface area contributed by atoms with E-state index < -0.39 is 10.0 Å². The number of nitrogens with one attached hydrogen (secondary N) is 2. The zero-order chi connectivity index (χ0) is 18.4. The van der Waals surface area contributed by atoms with E-state index in [1.807, 2.05) is 6.07 Å². The molecule has 0 unspecified atom stereocenters. The second-order valence-corrected chi connectivity index (χ2v) is 8.05. The maximum atomic E-state index is 12.1. The highest BCUT2D eigenvalue weighted by Crippen LogP contribution is 2.26. The van der Waals surface area contributed by atoms with Crippen LogP contribution in [0.1, 0.15) is 17.5 Å². The average molecular weight is 401 g/mol. The number of sulfonamides is 1. The molecule has 8 heteroatoms. The molecule has 0 atom stereocenters. The molecule has 2 N–H and O–H groups in total. The van der Waals surface area contributed by atoms with E-state index in [1.54, 1.807) is 36.4 Å². The first-order chi connectivity index (χ1) is 11.8. The summed E-state index contributed by atoms with van der Waals surface area (Å²) < 4.78 is 25.2. The molecule has 0 saturated heterocycles. The van der Waals surface area contributed by atoms with Gasteiger partial charge in [0.15, 0.2) is 0 Å². The molecule has 0 aliphatic heterocycles. The lowest BCUT2D eigenvalue weighted by atomic mass is 10.1. The van der Waals surface area contributed by atoms with Crippen LogP contribution in [0, 0.1) is 0 Å². The largest absolute Gasteiger partial charge is 0.352 e. The summed E-state index contributed by atoms with van der Waals surface area (Å²) in [5.74, 6) is -0.162. The van der Waals surface area contributed by atoms with E-state index in [9.17, 15) is 13.2 Å². The second kappa shape index (κ2) is 8.56.